The van der Waals surface area contributed by atoms with Gasteiger partial charge in [0.05, 0.1) is 19.3 Å². The molecular formula is C10H23NO3. The maximum atomic E-state index is 9.43. The first-order chi connectivity index (χ1) is 6.27. The molecule has 0 spiro atoms. The van der Waals surface area contributed by atoms with Gasteiger partial charge in [0.1, 0.15) is 0 Å². The van der Waals surface area contributed by atoms with Gasteiger partial charge in [0.25, 0.3) is 0 Å². The molecule has 0 fully saturated rings. The van der Waals surface area contributed by atoms with E-state index in [0.717, 1.165) is 0 Å². The van der Waals surface area contributed by atoms with Crippen LogP contribution < -0.4 is 5.32 Å². The molecule has 0 saturated heterocycles. The predicted molar refractivity (Wildman–Crippen MR) is 56.0 cm³/mol. The van der Waals surface area contributed by atoms with Crippen LogP contribution >= 0.6 is 0 Å². The van der Waals surface area contributed by atoms with Crippen molar-refractivity contribution in [3.63, 3.8) is 0 Å². The van der Waals surface area contributed by atoms with Gasteiger partial charge in [0.15, 0.2) is 0 Å². The lowest BCUT2D eigenvalue weighted by molar-refractivity contribution is 0.0432. The molecule has 1 atom stereocenters. The molecule has 0 saturated carbocycles. The van der Waals surface area contributed by atoms with E-state index in [9.17, 15) is 5.11 Å². The highest BCUT2D eigenvalue weighted by atomic mass is 16.3. The number of hydrogen-bond donors (Lipinski definition) is 4. The molecule has 0 amide bonds. The van der Waals surface area contributed by atoms with Gasteiger partial charge in [-0.3, -0.25) is 0 Å². The minimum absolute atomic E-state index is 0.0770. The number of aliphatic hydroxyl groups excluding tert-OH is 3. The fourth-order valence-electron chi connectivity index (χ4n) is 0.751. The van der Waals surface area contributed by atoms with E-state index in [1.54, 1.807) is 13.8 Å². The standard InChI is InChI=1S/C10H23NO3/c1-8(14)9(2,3)11-5-10(4,6-12)7-13/h8,11-14H,5-7H2,1-4H3. The quantitative estimate of drug-likeness (QED) is 0.481. The molecule has 14 heavy (non-hydrogen) atoms. The predicted octanol–water partition coefficient (Wildman–Crippen LogP) is -0.274. The molecule has 0 heterocycles. The van der Waals surface area contributed by atoms with Crippen molar-refractivity contribution in [2.75, 3.05) is 19.8 Å². The molecule has 1 unspecified atom stereocenters. The minimum Gasteiger partial charge on any atom is -0.396 e. The van der Waals surface area contributed by atoms with Crippen LogP contribution in [0.2, 0.25) is 0 Å². The zero-order valence-electron chi connectivity index (χ0n) is 9.54. The summed E-state index contributed by atoms with van der Waals surface area (Å²) < 4.78 is 0. The van der Waals surface area contributed by atoms with Crippen LogP contribution in [-0.2, 0) is 0 Å². The number of rotatable bonds is 6. The Morgan fingerprint density at radius 3 is 1.86 bits per heavy atom. The molecule has 0 bridgehead atoms. The van der Waals surface area contributed by atoms with Gasteiger partial charge in [-0.05, 0) is 20.8 Å². The highest BCUT2D eigenvalue weighted by Gasteiger charge is 2.29. The van der Waals surface area contributed by atoms with Crippen molar-refractivity contribution in [2.24, 2.45) is 5.41 Å². The fourth-order valence-corrected chi connectivity index (χ4v) is 0.751. The Morgan fingerprint density at radius 1 is 1.14 bits per heavy atom. The summed E-state index contributed by atoms with van der Waals surface area (Å²) >= 11 is 0. The number of hydrogen-bond acceptors (Lipinski definition) is 4. The summed E-state index contributed by atoms with van der Waals surface area (Å²) in [5.74, 6) is 0. The van der Waals surface area contributed by atoms with Crippen LogP contribution in [0, 0.1) is 5.41 Å². The van der Waals surface area contributed by atoms with E-state index in [0.29, 0.717) is 6.54 Å². The average molecular weight is 205 g/mol. The Kier molecular flexibility index (Phi) is 5.01. The third-order valence-corrected chi connectivity index (χ3v) is 2.78. The zero-order chi connectivity index (χ0) is 11.4. The molecular weight excluding hydrogens is 182 g/mol. The van der Waals surface area contributed by atoms with E-state index in [1.165, 1.54) is 0 Å². The summed E-state index contributed by atoms with van der Waals surface area (Å²) in [6, 6.07) is 0. The first kappa shape index (κ1) is 13.8. The number of nitrogens with one attached hydrogen (secondary N) is 1. The molecule has 0 aliphatic heterocycles. The molecule has 4 heteroatoms. The van der Waals surface area contributed by atoms with Gasteiger partial charge in [0, 0.05) is 17.5 Å². The Morgan fingerprint density at radius 2 is 1.57 bits per heavy atom. The van der Waals surface area contributed by atoms with Gasteiger partial charge in [-0.25, -0.2) is 0 Å². The molecule has 0 aliphatic rings. The highest BCUT2D eigenvalue weighted by Crippen LogP contribution is 2.16. The summed E-state index contributed by atoms with van der Waals surface area (Å²) in [6.07, 6.45) is -0.482. The summed E-state index contributed by atoms with van der Waals surface area (Å²) in [6.45, 7) is 7.58. The normalized spacial score (nSPS) is 15.6. The fraction of sp³-hybridized carbons (Fsp3) is 1.00. The first-order valence-electron chi connectivity index (χ1n) is 4.92. The molecule has 0 aromatic carbocycles. The molecule has 0 rings (SSSR count). The average Bonchev–Trinajstić information content (AvgIpc) is 2.14. The van der Waals surface area contributed by atoms with Crippen LogP contribution in [0.25, 0.3) is 0 Å². The van der Waals surface area contributed by atoms with Crippen LogP contribution in [0.5, 0.6) is 0 Å². The van der Waals surface area contributed by atoms with Crippen molar-refractivity contribution in [3.05, 3.63) is 0 Å². The van der Waals surface area contributed by atoms with E-state index >= 15 is 0 Å². The Bertz CT molecular complexity index is 160. The van der Waals surface area contributed by atoms with Crippen molar-refractivity contribution in [1.82, 2.24) is 5.32 Å². The van der Waals surface area contributed by atoms with E-state index in [1.807, 2.05) is 13.8 Å². The number of aliphatic hydroxyl groups is 3. The first-order valence-corrected chi connectivity index (χ1v) is 4.92. The summed E-state index contributed by atoms with van der Waals surface area (Å²) in [5.41, 5.74) is -0.947. The van der Waals surface area contributed by atoms with Crippen LogP contribution in [-0.4, -0.2) is 46.7 Å². The lowest BCUT2D eigenvalue weighted by Gasteiger charge is -2.34. The maximum absolute atomic E-state index is 9.43. The van der Waals surface area contributed by atoms with Gasteiger partial charge in [-0.15, -0.1) is 0 Å². The summed E-state index contributed by atoms with van der Waals surface area (Å²) in [5, 5.41) is 30.7. The van der Waals surface area contributed by atoms with Crippen molar-refractivity contribution in [2.45, 2.75) is 39.3 Å². The van der Waals surface area contributed by atoms with Gasteiger partial charge >= 0.3 is 0 Å². The van der Waals surface area contributed by atoms with Crippen molar-refractivity contribution in [1.29, 1.82) is 0 Å². The lowest BCUT2D eigenvalue weighted by atomic mass is 9.90. The smallest absolute Gasteiger partial charge is 0.0688 e. The second-order valence-electron chi connectivity index (χ2n) is 4.88. The van der Waals surface area contributed by atoms with E-state index in [4.69, 9.17) is 10.2 Å². The van der Waals surface area contributed by atoms with Crippen LogP contribution in [0.3, 0.4) is 0 Å². The van der Waals surface area contributed by atoms with E-state index < -0.39 is 17.1 Å². The highest BCUT2D eigenvalue weighted by molar-refractivity contribution is 4.86. The molecule has 0 aliphatic carbocycles. The second kappa shape index (κ2) is 5.07. The third kappa shape index (κ3) is 3.92. The zero-order valence-corrected chi connectivity index (χ0v) is 9.54. The van der Waals surface area contributed by atoms with Gasteiger partial charge in [0.2, 0.25) is 0 Å². The minimum atomic E-state index is -0.536. The van der Waals surface area contributed by atoms with Gasteiger partial charge < -0.3 is 20.6 Å². The summed E-state index contributed by atoms with van der Waals surface area (Å²) in [7, 11) is 0. The Balaban J connectivity index is 4.16. The SMILES string of the molecule is CC(O)C(C)(C)NCC(C)(CO)CO. The van der Waals surface area contributed by atoms with Gasteiger partial charge in [-0.1, -0.05) is 6.92 Å². The Hall–Kier alpha value is -0.160. The van der Waals surface area contributed by atoms with Crippen molar-refractivity contribution < 1.29 is 15.3 Å². The van der Waals surface area contributed by atoms with Crippen LogP contribution in [0.15, 0.2) is 0 Å². The molecule has 4 nitrogen and oxygen atoms in total. The third-order valence-electron chi connectivity index (χ3n) is 2.78. The molecule has 4 N–H and O–H groups in total. The largest absolute Gasteiger partial charge is 0.396 e. The van der Waals surface area contributed by atoms with E-state index in [2.05, 4.69) is 5.32 Å². The topological polar surface area (TPSA) is 72.7 Å². The maximum Gasteiger partial charge on any atom is 0.0688 e. The lowest BCUT2D eigenvalue weighted by Crippen LogP contribution is -2.53. The Labute approximate surface area is 86.0 Å². The van der Waals surface area contributed by atoms with Crippen LogP contribution in [0.4, 0.5) is 0 Å². The molecule has 0 radical (unpaired) electrons. The molecule has 0 aromatic rings. The van der Waals surface area contributed by atoms with Crippen molar-refractivity contribution >= 4 is 0 Å². The van der Waals surface area contributed by atoms with Crippen molar-refractivity contribution in [3.8, 4) is 0 Å². The van der Waals surface area contributed by atoms with Crippen LogP contribution in [0.1, 0.15) is 27.7 Å². The monoisotopic (exact) mass is 205 g/mol. The molecule has 0 aromatic heterocycles. The van der Waals surface area contributed by atoms with Gasteiger partial charge in [-0.2, -0.15) is 0 Å². The molecule has 86 valence electrons. The van der Waals surface area contributed by atoms with E-state index in [-0.39, 0.29) is 13.2 Å². The second-order valence-corrected chi connectivity index (χ2v) is 4.88. The summed E-state index contributed by atoms with van der Waals surface area (Å²) in [4.78, 5) is 0.